The van der Waals surface area contributed by atoms with Gasteiger partial charge in [0.05, 0.1) is 18.5 Å². The number of hydrogen-bond donors (Lipinski definition) is 2. The number of benzene rings is 1. The summed E-state index contributed by atoms with van der Waals surface area (Å²) in [5, 5.41) is 15.7. The molecular formula is C27H30FFeN4O2-. The number of amidine groups is 1. The number of aromatic amines is 1. The van der Waals surface area contributed by atoms with E-state index < -0.39 is 0 Å². The van der Waals surface area contributed by atoms with E-state index in [1.54, 1.807) is 24.1 Å². The van der Waals surface area contributed by atoms with Crippen molar-refractivity contribution in [2.45, 2.75) is 46.0 Å². The van der Waals surface area contributed by atoms with Crippen molar-refractivity contribution >= 4 is 22.5 Å². The molecule has 1 aliphatic heterocycles. The Balaban J connectivity index is 0.00000342. The molecule has 0 saturated carbocycles. The number of H-pyrrole nitrogens is 1. The van der Waals surface area contributed by atoms with Gasteiger partial charge in [-0.3, -0.25) is 10.4 Å². The Hall–Kier alpha value is -2.96. The first-order valence-electron chi connectivity index (χ1n) is 11.6. The number of fused-ring (bicyclic) bond motifs is 1. The molecule has 6 nitrogen and oxygen atoms in total. The van der Waals surface area contributed by atoms with Gasteiger partial charge in [-0.2, -0.15) is 23.3 Å². The second-order valence-corrected chi connectivity index (χ2v) is 8.78. The molecule has 1 fully saturated rings. The van der Waals surface area contributed by atoms with Crippen molar-refractivity contribution in [1.82, 2.24) is 9.99 Å². The molecule has 2 aromatic rings. The van der Waals surface area contributed by atoms with Crippen molar-refractivity contribution in [1.29, 1.82) is 5.41 Å². The Morgan fingerprint density at radius 1 is 1.34 bits per heavy atom. The average molecular weight is 517 g/mol. The van der Waals surface area contributed by atoms with E-state index in [9.17, 15) is 9.18 Å². The summed E-state index contributed by atoms with van der Waals surface area (Å²) in [6.45, 7) is 4.28. The molecular weight excluding hydrogens is 487 g/mol. The minimum Gasteiger partial charge on any atom is -0.498 e. The van der Waals surface area contributed by atoms with E-state index in [0.717, 1.165) is 30.4 Å². The van der Waals surface area contributed by atoms with Crippen molar-refractivity contribution in [3.63, 3.8) is 0 Å². The van der Waals surface area contributed by atoms with Crippen molar-refractivity contribution in [3.8, 4) is 0 Å². The fraction of sp³-hybridized carbons (Fsp3) is 0.370. The molecule has 2 aliphatic rings. The Bertz CT molecular complexity index is 1290. The number of aromatic nitrogens is 1. The first kappa shape index (κ1) is 26.6. The van der Waals surface area contributed by atoms with Crippen LogP contribution in [0.3, 0.4) is 0 Å². The van der Waals surface area contributed by atoms with E-state index in [1.165, 1.54) is 13.2 Å². The van der Waals surface area contributed by atoms with Crippen molar-refractivity contribution in [3.05, 3.63) is 81.1 Å². The number of allylic oxidation sites excluding steroid dienone is 5. The Kier molecular flexibility index (Phi) is 8.87. The van der Waals surface area contributed by atoms with Gasteiger partial charge in [0.2, 0.25) is 0 Å². The van der Waals surface area contributed by atoms with Crippen molar-refractivity contribution < 1.29 is 26.2 Å². The van der Waals surface area contributed by atoms with Gasteiger partial charge in [-0.25, -0.2) is 4.39 Å². The van der Waals surface area contributed by atoms with Crippen LogP contribution in [-0.2, 0) is 21.8 Å². The molecule has 2 heterocycles. The molecule has 1 aliphatic carbocycles. The molecule has 8 heteroatoms. The van der Waals surface area contributed by atoms with Crippen LogP contribution in [0.5, 0.6) is 0 Å². The zero-order valence-electron chi connectivity index (χ0n) is 20.2. The summed E-state index contributed by atoms with van der Waals surface area (Å²) in [5.74, 6) is 0.729. The number of ether oxygens (including phenoxy) is 1. The summed E-state index contributed by atoms with van der Waals surface area (Å²) >= 11 is 0. The number of hydrogen-bond acceptors (Lipinski definition) is 4. The monoisotopic (exact) mass is 517 g/mol. The number of halogens is 1. The van der Waals surface area contributed by atoms with Crippen LogP contribution in [0.4, 0.5) is 4.39 Å². The number of pyridine rings is 1. The Labute approximate surface area is 215 Å². The van der Waals surface area contributed by atoms with Gasteiger partial charge in [0, 0.05) is 42.0 Å². The minimum atomic E-state index is -0.330. The molecule has 1 saturated heterocycles. The van der Waals surface area contributed by atoms with Gasteiger partial charge >= 0.3 is 0 Å². The van der Waals surface area contributed by atoms with Crippen LogP contribution in [0.15, 0.2) is 63.5 Å². The summed E-state index contributed by atoms with van der Waals surface area (Å²) in [6, 6.07) is 8.25. The second-order valence-electron chi connectivity index (χ2n) is 8.78. The van der Waals surface area contributed by atoms with Crippen LogP contribution in [-0.4, -0.2) is 35.2 Å². The molecule has 2 N–H and O–H groups in total. The molecule has 1 unspecified atom stereocenters. The van der Waals surface area contributed by atoms with Crippen LogP contribution >= 0.6 is 0 Å². The molecule has 186 valence electrons. The molecule has 1 aromatic heterocycles. The third-order valence-electron chi connectivity index (χ3n) is 6.61. The molecule has 0 spiro atoms. The van der Waals surface area contributed by atoms with E-state index >= 15 is 0 Å². The van der Waals surface area contributed by atoms with Gasteiger partial charge in [0.15, 0.2) is 5.83 Å². The SMILES string of the molecule is COC1=C(F)C=CC(C2CCCN(/N=C(\C)c3[nH]c4cc[c-]cc4c(=O)c3C)C(=N)CC2)=CC1.[Fe]. The Morgan fingerprint density at radius 3 is 2.91 bits per heavy atom. The molecule has 0 amide bonds. The molecule has 0 radical (unpaired) electrons. The zero-order valence-corrected chi connectivity index (χ0v) is 21.3. The third-order valence-corrected chi connectivity index (χ3v) is 6.61. The zero-order chi connectivity index (χ0) is 24.2. The summed E-state index contributed by atoms with van der Waals surface area (Å²) < 4.78 is 19.2. The van der Waals surface area contributed by atoms with Crippen LogP contribution in [0.1, 0.15) is 50.3 Å². The number of nitrogens with zero attached hydrogens (tertiary/aromatic N) is 2. The van der Waals surface area contributed by atoms with Gasteiger partial charge in [-0.05, 0) is 50.7 Å². The van der Waals surface area contributed by atoms with Gasteiger partial charge in [0.1, 0.15) is 17.0 Å². The average Bonchev–Trinajstić information content (AvgIpc) is 3.02. The fourth-order valence-electron chi connectivity index (χ4n) is 4.64. The fourth-order valence-corrected chi connectivity index (χ4v) is 4.64. The molecule has 35 heavy (non-hydrogen) atoms. The second kappa shape index (κ2) is 11.6. The summed E-state index contributed by atoms with van der Waals surface area (Å²) in [6.07, 6.45) is 8.95. The normalized spacial score (nSPS) is 19.6. The van der Waals surface area contributed by atoms with E-state index in [-0.39, 0.29) is 34.2 Å². The van der Waals surface area contributed by atoms with Gasteiger partial charge < -0.3 is 14.5 Å². The predicted molar refractivity (Wildman–Crippen MR) is 134 cm³/mol. The van der Waals surface area contributed by atoms with Crippen LogP contribution in [0.25, 0.3) is 10.9 Å². The molecule has 1 aromatic carbocycles. The number of rotatable bonds is 4. The van der Waals surface area contributed by atoms with Crippen molar-refractivity contribution in [2.24, 2.45) is 11.0 Å². The van der Waals surface area contributed by atoms with Crippen LogP contribution < -0.4 is 5.43 Å². The molecule has 1 atom stereocenters. The number of nitrogens with one attached hydrogen (secondary N) is 2. The van der Waals surface area contributed by atoms with Gasteiger partial charge in [0.25, 0.3) is 0 Å². The number of hydrazone groups is 1. The van der Waals surface area contributed by atoms with E-state index in [2.05, 4.69) is 11.1 Å². The minimum absolute atomic E-state index is 0. The van der Waals surface area contributed by atoms with E-state index in [4.69, 9.17) is 15.2 Å². The first-order valence-corrected chi connectivity index (χ1v) is 11.6. The van der Waals surface area contributed by atoms with Crippen molar-refractivity contribution in [2.75, 3.05) is 13.7 Å². The first-order chi connectivity index (χ1) is 16.4. The number of methoxy groups -OCH3 is 1. The summed E-state index contributed by atoms with van der Waals surface area (Å²) in [5.41, 5.74) is 3.78. The maximum absolute atomic E-state index is 14.1. The maximum atomic E-state index is 14.1. The van der Waals surface area contributed by atoms with E-state index in [0.29, 0.717) is 53.3 Å². The quantitative estimate of drug-likeness (QED) is 0.318. The smallest absolute Gasteiger partial charge is 0.161 e. The predicted octanol–water partition coefficient (Wildman–Crippen LogP) is 5.54. The standard InChI is InChI=1S/C27H30FN4O2.Fe/c1-17-26(30-23-9-5-4-8-21(23)27(17)33)18(2)31-32-16-6-7-19(12-15-25(32)29)20-10-13-22(28)24(34-3)14-11-20;/h5,8-11,13,19,29H,6-7,12,14-16H2,1-3H3,(H,30,33);/q-1;/b29-25?,31-18+;. The molecule has 0 bridgehead atoms. The van der Waals surface area contributed by atoms with Gasteiger partial charge in [-0.1, -0.05) is 23.1 Å². The maximum Gasteiger partial charge on any atom is 0.161 e. The van der Waals surface area contributed by atoms with Crippen LogP contribution in [0, 0.1) is 24.3 Å². The summed E-state index contributed by atoms with van der Waals surface area (Å²) in [7, 11) is 1.49. The largest absolute Gasteiger partial charge is 0.498 e. The van der Waals surface area contributed by atoms with E-state index in [1.807, 2.05) is 25.1 Å². The van der Waals surface area contributed by atoms with Gasteiger partial charge in [-0.15, -0.1) is 6.07 Å². The van der Waals surface area contributed by atoms with Crippen LogP contribution in [0.2, 0.25) is 0 Å². The Morgan fingerprint density at radius 2 is 2.14 bits per heavy atom. The molecule has 4 rings (SSSR count). The summed E-state index contributed by atoms with van der Waals surface area (Å²) in [4.78, 5) is 16.1. The topological polar surface area (TPSA) is 81.5 Å². The third kappa shape index (κ3) is 5.82.